The topological polar surface area (TPSA) is 63.6 Å². The molecule has 0 heterocycles. The lowest BCUT2D eigenvalue weighted by Crippen LogP contribution is -2.07. The van der Waals surface area contributed by atoms with Crippen molar-refractivity contribution >= 4 is 11.8 Å². The number of carboxylic acid groups (broad SMARTS) is 1. The first-order valence-corrected chi connectivity index (χ1v) is 6.13. The van der Waals surface area contributed by atoms with Gasteiger partial charge in [0.25, 0.3) is 0 Å². The van der Waals surface area contributed by atoms with Crippen molar-refractivity contribution in [2.24, 2.45) is 0 Å². The van der Waals surface area contributed by atoms with Crippen LogP contribution in [-0.2, 0) is 6.61 Å². The first kappa shape index (κ1) is 13.8. The van der Waals surface area contributed by atoms with Gasteiger partial charge in [-0.2, -0.15) is 0 Å². The Bertz CT molecular complexity index is 632. The van der Waals surface area contributed by atoms with E-state index in [1.807, 2.05) is 30.3 Å². The van der Waals surface area contributed by atoms with Crippen LogP contribution in [0.5, 0.6) is 5.75 Å². The second-order valence-corrected chi connectivity index (χ2v) is 4.34. The monoisotopic (exact) mass is 270 g/mol. The predicted octanol–water partition coefficient (Wildman–Crippen LogP) is 3.17. The molecule has 2 aromatic carbocycles. The minimum absolute atomic E-state index is 0.0388. The summed E-state index contributed by atoms with van der Waals surface area (Å²) in [6.45, 7) is 1.69. The number of Topliss-reactive ketones (excluding diaryl/α,β-unsaturated/α-hetero) is 1. The van der Waals surface area contributed by atoms with Crippen molar-refractivity contribution in [2.45, 2.75) is 13.5 Å². The first-order chi connectivity index (χ1) is 9.58. The number of carboxylic acids is 1. The van der Waals surface area contributed by atoms with Crippen molar-refractivity contribution in [1.29, 1.82) is 0 Å². The number of aromatic carboxylic acids is 1. The number of rotatable bonds is 5. The Kier molecular flexibility index (Phi) is 4.15. The van der Waals surface area contributed by atoms with Crippen LogP contribution in [-0.4, -0.2) is 16.9 Å². The van der Waals surface area contributed by atoms with Crippen molar-refractivity contribution in [3.63, 3.8) is 0 Å². The Morgan fingerprint density at radius 3 is 2.35 bits per heavy atom. The number of ether oxygens (including phenoxy) is 1. The van der Waals surface area contributed by atoms with Crippen molar-refractivity contribution in [3.8, 4) is 5.75 Å². The van der Waals surface area contributed by atoms with Crippen LogP contribution in [0.15, 0.2) is 48.5 Å². The number of hydrogen-bond donors (Lipinski definition) is 1. The molecule has 2 rings (SSSR count). The lowest BCUT2D eigenvalue weighted by Gasteiger charge is -2.09. The molecule has 20 heavy (non-hydrogen) atoms. The zero-order chi connectivity index (χ0) is 14.5. The van der Waals surface area contributed by atoms with Crippen molar-refractivity contribution < 1.29 is 19.4 Å². The predicted molar refractivity (Wildman–Crippen MR) is 74.2 cm³/mol. The van der Waals surface area contributed by atoms with Crippen LogP contribution in [0.3, 0.4) is 0 Å². The number of benzene rings is 2. The van der Waals surface area contributed by atoms with Gasteiger partial charge in [0.15, 0.2) is 5.78 Å². The fraction of sp³-hybridized carbons (Fsp3) is 0.125. The molecule has 0 aromatic heterocycles. The molecule has 0 saturated heterocycles. The van der Waals surface area contributed by atoms with E-state index in [1.165, 1.54) is 19.1 Å². The molecule has 0 bridgehead atoms. The number of hydrogen-bond acceptors (Lipinski definition) is 3. The summed E-state index contributed by atoms with van der Waals surface area (Å²) < 4.78 is 5.54. The first-order valence-electron chi connectivity index (χ1n) is 6.13. The molecule has 0 aliphatic carbocycles. The molecule has 0 atom stereocenters. The van der Waals surface area contributed by atoms with Crippen LogP contribution >= 0.6 is 0 Å². The summed E-state index contributed by atoms with van der Waals surface area (Å²) in [6, 6.07) is 14.0. The molecular formula is C16H14O4. The van der Waals surface area contributed by atoms with Crippen LogP contribution in [0.2, 0.25) is 0 Å². The van der Waals surface area contributed by atoms with E-state index < -0.39 is 5.97 Å². The fourth-order valence-corrected chi connectivity index (χ4v) is 1.84. The highest BCUT2D eigenvalue weighted by Gasteiger charge is 2.14. The van der Waals surface area contributed by atoms with Crippen LogP contribution in [0.4, 0.5) is 0 Å². The summed E-state index contributed by atoms with van der Waals surface area (Å²) in [6.07, 6.45) is 0. The molecule has 0 spiro atoms. The molecule has 4 nitrogen and oxygen atoms in total. The van der Waals surface area contributed by atoms with Gasteiger partial charge in [-0.1, -0.05) is 30.3 Å². The number of carbonyl (C=O) groups is 2. The number of ketones is 1. The van der Waals surface area contributed by atoms with Gasteiger partial charge in [-0.25, -0.2) is 4.79 Å². The highest BCUT2D eigenvalue weighted by Crippen LogP contribution is 2.20. The SMILES string of the molecule is CC(=O)c1ccc(OCc2ccccc2)cc1C(=O)O. The molecule has 0 amide bonds. The van der Waals surface area contributed by atoms with Gasteiger partial charge in [0, 0.05) is 5.56 Å². The molecule has 0 unspecified atom stereocenters. The van der Waals surface area contributed by atoms with Crippen LogP contribution in [0, 0.1) is 0 Å². The molecule has 0 saturated carbocycles. The third-order valence-corrected chi connectivity index (χ3v) is 2.85. The lowest BCUT2D eigenvalue weighted by atomic mass is 10.0. The quantitative estimate of drug-likeness (QED) is 0.847. The highest BCUT2D eigenvalue weighted by molar-refractivity contribution is 6.05. The van der Waals surface area contributed by atoms with Gasteiger partial charge in [0.1, 0.15) is 12.4 Å². The minimum atomic E-state index is -1.14. The molecule has 0 radical (unpaired) electrons. The van der Waals surface area contributed by atoms with E-state index in [2.05, 4.69) is 0 Å². The van der Waals surface area contributed by atoms with Gasteiger partial charge in [-0.15, -0.1) is 0 Å². The number of carbonyl (C=O) groups excluding carboxylic acids is 1. The maximum atomic E-state index is 11.4. The standard InChI is InChI=1S/C16H14O4/c1-11(17)14-8-7-13(9-15(14)16(18)19)20-10-12-5-3-2-4-6-12/h2-9H,10H2,1H3,(H,18,19). The van der Waals surface area contributed by atoms with Crippen molar-refractivity contribution in [3.05, 3.63) is 65.2 Å². The van der Waals surface area contributed by atoms with Gasteiger partial charge in [-0.3, -0.25) is 4.79 Å². The molecule has 0 aliphatic rings. The van der Waals surface area contributed by atoms with E-state index in [-0.39, 0.29) is 16.9 Å². The van der Waals surface area contributed by atoms with Gasteiger partial charge in [-0.05, 0) is 30.7 Å². The zero-order valence-corrected chi connectivity index (χ0v) is 11.0. The van der Waals surface area contributed by atoms with E-state index >= 15 is 0 Å². The zero-order valence-electron chi connectivity index (χ0n) is 11.0. The van der Waals surface area contributed by atoms with Gasteiger partial charge >= 0.3 is 5.97 Å². The van der Waals surface area contributed by atoms with Crippen molar-refractivity contribution in [1.82, 2.24) is 0 Å². The average molecular weight is 270 g/mol. The minimum Gasteiger partial charge on any atom is -0.489 e. The molecule has 1 N–H and O–H groups in total. The Morgan fingerprint density at radius 1 is 1.05 bits per heavy atom. The van der Waals surface area contributed by atoms with E-state index in [4.69, 9.17) is 9.84 Å². The van der Waals surface area contributed by atoms with E-state index in [0.29, 0.717) is 12.4 Å². The Hall–Kier alpha value is -2.62. The van der Waals surface area contributed by atoms with Gasteiger partial charge in [0.2, 0.25) is 0 Å². The summed E-state index contributed by atoms with van der Waals surface area (Å²) in [7, 11) is 0. The van der Waals surface area contributed by atoms with Crippen LogP contribution in [0.25, 0.3) is 0 Å². The van der Waals surface area contributed by atoms with Crippen molar-refractivity contribution in [2.75, 3.05) is 0 Å². The summed E-state index contributed by atoms with van der Waals surface area (Å²) >= 11 is 0. The van der Waals surface area contributed by atoms with E-state index in [0.717, 1.165) is 5.56 Å². The maximum Gasteiger partial charge on any atom is 0.336 e. The van der Waals surface area contributed by atoms with Gasteiger partial charge in [0.05, 0.1) is 5.56 Å². The largest absolute Gasteiger partial charge is 0.489 e. The maximum absolute atomic E-state index is 11.4. The molecule has 102 valence electrons. The van der Waals surface area contributed by atoms with Crippen LogP contribution in [0.1, 0.15) is 33.2 Å². The average Bonchev–Trinajstić information content (AvgIpc) is 2.45. The summed E-state index contributed by atoms with van der Waals surface area (Å²) in [5.74, 6) is -0.992. The molecular weight excluding hydrogens is 256 g/mol. The second kappa shape index (κ2) is 6.02. The fourth-order valence-electron chi connectivity index (χ4n) is 1.84. The van der Waals surface area contributed by atoms with E-state index in [1.54, 1.807) is 6.07 Å². The smallest absolute Gasteiger partial charge is 0.336 e. The summed E-state index contributed by atoms with van der Waals surface area (Å²) in [5.41, 5.74) is 1.13. The molecule has 2 aromatic rings. The lowest BCUT2D eigenvalue weighted by molar-refractivity contribution is 0.0691. The molecule has 4 heteroatoms. The third-order valence-electron chi connectivity index (χ3n) is 2.85. The second-order valence-electron chi connectivity index (χ2n) is 4.34. The summed E-state index contributed by atoms with van der Waals surface area (Å²) in [5, 5.41) is 9.12. The van der Waals surface area contributed by atoms with E-state index in [9.17, 15) is 9.59 Å². The Labute approximate surface area is 116 Å². The summed E-state index contributed by atoms with van der Waals surface area (Å²) in [4.78, 5) is 22.5. The van der Waals surface area contributed by atoms with Crippen LogP contribution < -0.4 is 4.74 Å². The van der Waals surface area contributed by atoms with Gasteiger partial charge < -0.3 is 9.84 Å². The highest BCUT2D eigenvalue weighted by atomic mass is 16.5. The Morgan fingerprint density at radius 2 is 1.75 bits per heavy atom. The third kappa shape index (κ3) is 3.23. The Balaban J connectivity index is 2.19. The molecule has 0 aliphatic heterocycles. The molecule has 0 fully saturated rings. The normalized spacial score (nSPS) is 10.1.